The normalized spacial score (nSPS) is 11.4. The van der Waals surface area contributed by atoms with Gasteiger partial charge in [-0.15, -0.1) is 0 Å². The lowest BCUT2D eigenvalue weighted by molar-refractivity contribution is 0.582. The fourth-order valence-corrected chi connectivity index (χ4v) is 2.85. The first kappa shape index (κ1) is 14.1. The smallest absolute Gasteiger partial charge is 0.240 e. The molecule has 0 radical (unpaired) electrons. The van der Waals surface area contributed by atoms with Crippen LogP contribution >= 0.6 is 12.2 Å². The molecule has 4 nitrogen and oxygen atoms in total. The molecule has 94 valence electrons. The Labute approximate surface area is 107 Å². The SMILES string of the molecule is Cc1ccc(S(=O)(=O)NCCC(N)=S)c(C)c1. The van der Waals surface area contributed by atoms with Crippen molar-refractivity contribution >= 4 is 27.2 Å². The van der Waals surface area contributed by atoms with Crippen molar-refractivity contribution in [2.75, 3.05) is 6.54 Å². The third-order valence-corrected chi connectivity index (χ3v) is 4.11. The van der Waals surface area contributed by atoms with Crippen LogP contribution < -0.4 is 10.5 Å². The van der Waals surface area contributed by atoms with Gasteiger partial charge in [-0.3, -0.25) is 0 Å². The van der Waals surface area contributed by atoms with Crippen LogP contribution in [0.5, 0.6) is 0 Å². The average Bonchev–Trinajstić information content (AvgIpc) is 2.15. The maximum atomic E-state index is 12.0. The van der Waals surface area contributed by atoms with Gasteiger partial charge in [0.25, 0.3) is 0 Å². The Kier molecular flexibility index (Phi) is 4.62. The van der Waals surface area contributed by atoms with Crippen molar-refractivity contribution in [2.24, 2.45) is 5.73 Å². The van der Waals surface area contributed by atoms with Crippen molar-refractivity contribution in [1.82, 2.24) is 4.72 Å². The number of thiocarbonyl (C=S) groups is 1. The number of nitrogens with two attached hydrogens (primary N) is 1. The monoisotopic (exact) mass is 272 g/mol. The van der Waals surface area contributed by atoms with E-state index in [0.717, 1.165) is 11.1 Å². The summed E-state index contributed by atoms with van der Waals surface area (Å²) in [5.74, 6) is 0. The molecule has 6 heteroatoms. The van der Waals surface area contributed by atoms with Crippen LogP contribution in [-0.2, 0) is 10.0 Å². The molecular weight excluding hydrogens is 256 g/mol. The summed E-state index contributed by atoms with van der Waals surface area (Å²) in [6, 6.07) is 5.21. The first-order chi connectivity index (χ1) is 7.83. The zero-order chi connectivity index (χ0) is 13.1. The third-order valence-electron chi connectivity index (χ3n) is 2.28. The van der Waals surface area contributed by atoms with Crippen LogP contribution in [0.15, 0.2) is 23.1 Å². The Morgan fingerprint density at radius 1 is 1.41 bits per heavy atom. The second-order valence-corrected chi connectivity index (χ2v) is 6.14. The van der Waals surface area contributed by atoms with Gasteiger partial charge in [-0.25, -0.2) is 13.1 Å². The topological polar surface area (TPSA) is 72.2 Å². The predicted molar refractivity (Wildman–Crippen MR) is 72.5 cm³/mol. The summed E-state index contributed by atoms with van der Waals surface area (Å²) in [4.78, 5) is 0.597. The van der Waals surface area contributed by atoms with Gasteiger partial charge in [0, 0.05) is 13.0 Å². The summed E-state index contributed by atoms with van der Waals surface area (Å²) < 4.78 is 26.4. The predicted octanol–water partition coefficient (Wildman–Crippen LogP) is 1.26. The lowest BCUT2D eigenvalue weighted by Gasteiger charge is -2.09. The van der Waals surface area contributed by atoms with Crippen molar-refractivity contribution in [3.63, 3.8) is 0 Å². The quantitative estimate of drug-likeness (QED) is 0.792. The van der Waals surface area contributed by atoms with E-state index in [9.17, 15) is 8.42 Å². The van der Waals surface area contributed by atoms with Crippen LogP contribution in [0.1, 0.15) is 17.5 Å². The Balaban J connectivity index is 2.86. The van der Waals surface area contributed by atoms with E-state index in [2.05, 4.69) is 16.9 Å². The van der Waals surface area contributed by atoms with Crippen molar-refractivity contribution in [3.05, 3.63) is 29.3 Å². The molecule has 1 rings (SSSR count). The van der Waals surface area contributed by atoms with Gasteiger partial charge < -0.3 is 5.73 Å². The highest BCUT2D eigenvalue weighted by Crippen LogP contribution is 2.15. The van der Waals surface area contributed by atoms with E-state index < -0.39 is 10.0 Å². The Morgan fingerprint density at radius 2 is 2.06 bits per heavy atom. The molecule has 1 aromatic carbocycles. The van der Waals surface area contributed by atoms with E-state index in [1.54, 1.807) is 19.1 Å². The molecular formula is C11H16N2O2S2. The average molecular weight is 272 g/mol. The lowest BCUT2D eigenvalue weighted by Crippen LogP contribution is -2.28. The minimum atomic E-state index is -3.47. The summed E-state index contributed by atoms with van der Waals surface area (Å²) in [7, 11) is -3.47. The summed E-state index contributed by atoms with van der Waals surface area (Å²) >= 11 is 4.69. The molecule has 0 heterocycles. The van der Waals surface area contributed by atoms with Gasteiger partial charge in [0.05, 0.1) is 9.88 Å². The molecule has 0 aliphatic carbocycles. The van der Waals surface area contributed by atoms with Gasteiger partial charge >= 0.3 is 0 Å². The molecule has 0 fully saturated rings. The van der Waals surface area contributed by atoms with Crippen molar-refractivity contribution in [2.45, 2.75) is 25.2 Å². The highest BCUT2D eigenvalue weighted by molar-refractivity contribution is 7.89. The summed E-state index contributed by atoms with van der Waals surface area (Å²) in [5.41, 5.74) is 7.07. The standard InChI is InChI=1S/C11H16N2O2S2/c1-8-3-4-10(9(2)7-8)17(14,15)13-6-5-11(12)16/h3-4,7,13H,5-6H2,1-2H3,(H2,12,16). The molecule has 0 aliphatic rings. The van der Waals surface area contributed by atoms with Crippen LogP contribution in [0.3, 0.4) is 0 Å². The van der Waals surface area contributed by atoms with Crippen LogP contribution in [0, 0.1) is 13.8 Å². The molecule has 17 heavy (non-hydrogen) atoms. The molecule has 0 unspecified atom stereocenters. The number of hydrogen-bond donors (Lipinski definition) is 2. The molecule has 3 N–H and O–H groups in total. The largest absolute Gasteiger partial charge is 0.393 e. The number of benzene rings is 1. The second kappa shape index (κ2) is 5.57. The maximum Gasteiger partial charge on any atom is 0.240 e. The molecule has 0 saturated carbocycles. The minimum Gasteiger partial charge on any atom is -0.393 e. The Morgan fingerprint density at radius 3 is 2.59 bits per heavy atom. The number of sulfonamides is 1. The molecule has 0 atom stereocenters. The first-order valence-corrected chi connectivity index (χ1v) is 7.07. The zero-order valence-electron chi connectivity index (χ0n) is 9.86. The number of rotatable bonds is 5. The molecule has 0 bridgehead atoms. The van der Waals surface area contributed by atoms with Crippen LogP contribution in [0.4, 0.5) is 0 Å². The first-order valence-electron chi connectivity index (χ1n) is 5.18. The third kappa shape index (κ3) is 4.07. The van der Waals surface area contributed by atoms with Gasteiger partial charge in [0.15, 0.2) is 0 Å². The van der Waals surface area contributed by atoms with E-state index in [1.807, 2.05) is 13.0 Å². The van der Waals surface area contributed by atoms with Gasteiger partial charge in [0.1, 0.15) is 0 Å². The van der Waals surface area contributed by atoms with Crippen molar-refractivity contribution in [3.8, 4) is 0 Å². The van der Waals surface area contributed by atoms with Crippen molar-refractivity contribution < 1.29 is 8.42 Å². The molecule has 0 aromatic heterocycles. The second-order valence-electron chi connectivity index (χ2n) is 3.88. The summed E-state index contributed by atoms with van der Waals surface area (Å²) in [6.45, 7) is 3.92. The number of nitrogens with one attached hydrogen (secondary N) is 1. The molecule has 0 saturated heterocycles. The van der Waals surface area contributed by atoms with E-state index in [0.29, 0.717) is 16.3 Å². The van der Waals surface area contributed by atoms with E-state index in [4.69, 9.17) is 5.73 Å². The van der Waals surface area contributed by atoms with E-state index in [1.165, 1.54) is 0 Å². The number of hydrogen-bond acceptors (Lipinski definition) is 3. The van der Waals surface area contributed by atoms with Gasteiger partial charge in [-0.1, -0.05) is 29.9 Å². The zero-order valence-corrected chi connectivity index (χ0v) is 11.5. The summed E-state index contributed by atoms with van der Waals surface area (Å²) in [5, 5.41) is 0. The van der Waals surface area contributed by atoms with Crippen molar-refractivity contribution in [1.29, 1.82) is 0 Å². The highest BCUT2D eigenvalue weighted by Gasteiger charge is 2.15. The maximum absolute atomic E-state index is 12.0. The Bertz CT molecular complexity index is 524. The van der Waals surface area contributed by atoms with Crippen LogP contribution in [0.2, 0.25) is 0 Å². The number of aryl methyl sites for hydroxylation is 2. The minimum absolute atomic E-state index is 0.227. The van der Waals surface area contributed by atoms with Gasteiger partial charge in [-0.2, -0.15) is 0 Å². The molecule has 0 spiro atoms. The molecule has 0 aliphatic heterocycles. The van der Waals surface area contributed by atoms with Gasteiger partial charge in [0.2, 0.25) is 10.0 Å². The fraction of sp³-hybridized carbons (Fsp3) is 0.364. The summed E-state index contributed by atoms with van der Waals surface area (Å²) in [6.07, 6.45) is 0.361. The molecule has 0 amide bonds. The van der Waals surface area contributed by atoms with Gasteiger partial charge in [-0.05, 0) is 25.5 Å². The highest BCUT2D eigenvalue weighted by atomic mass is 32.2. The fourth-order valence-electron chi connectivity index (χ4n) is 1.49. The molecule has 1 aromatic rings. The van der Waals surface area contributed by atoms with Crippen LogP contribution in [-0.4, -0.2) is 20.0 Å². The van der Waals surface area contributed by atoms with E-state index >= 15 is 0 Å². The van der Waals surface area contributed by atoms with E-state index in [-0.39, 0.29) is 6.54 Å². The lowest BCUT2D eigenvalue weighted by atomic mass is 10.2. The Hall–Kier alpha value is -0.980. The van der Waals surface area contributed by atoms with Crippen LogP contribution in [0.25, 0.3) is 0 Å².